The molecule has 0 radical (unpaired) electrons. The maximum absolute atomic E-state index is 14.0. The molecule has 4 aromatic rings. The number of nitrogens with zero attached hydrogens (tertiary/aromatic N) is 3. The van der Waals surface area contributed by atoms with Crippen LogP contribution in [0.1, 0.15) is 55.8 Å². The van der Waals surface area contributed by atoms with Gasteiger partial charge in [0.1, 0.15) is 11.5 Å². The number of nitro benzene ring substituents is 1. The van der Waals surface area contributed by atoms with Crippen LogP contribution in [-0.4, -0.2) is 22.7 Å². The van der Waals surface area contributed by atoms with Crippen LogP contribution in [0.25, 0.3) is 12.2 Å². The lowest BCUT2D eigenvalue weighted by molar-refractivity contribution is -0.384. The number of hydrogen-bond donors (Lipinski definition) is 0. The number of aromatic nitrogens is 1. The molecular formula is C34H31N3O5S. The quantitative estimate of drug-likeness (QED) is 0.179. The van der Waals surface area contributed by atoms with E-state index in [1.165, 1.54) is 23.5 Å². The van der Waals surface area contributed by atoms with Crippen LogP contribution in [0.4, 0.5) is 5.69 Å². The molecule has 9 heteroatoms. The molecule has 1 atom stereocenters. The Hall–Kier alpha value is -4.76. The van der Waals surface area contributed by atoms with Gasteiger partial charge in [0.15, 0.2) is 4.80 Å². The van der Waals surface area contributed by atoms with Crippen molar-refractivity contribution in [1.82, 2.24) is 4.57 Å². The molecule has 0 spiro atoms. The van der Waals surface area contributed by atoms with Crippen LogP contribution in [0, 0.1) is 10.1 Å². The Morgan fingerprint density at radius 1 is 0.907 bits per heavy atom. The molecule has 1 aliphatic heterocycles. The van der Waals surface area contributed by atoms with Crippen LogP contribution in [0.15, 0.2) is 99.4 Å². The third-order valence-electron chi connectivity index (χ3n) is 7.57. The Kier molecular flexibility index (Phi) is 8.07. The fraction of sp³-hybridized carbons (Fsp3) is 0.235. The normalized spacial score (nSPS) is 17.3. The number of non-ortho nitro benzene ring substituents is 1. The van der Waals surface area contributed by atoms with E-state index >= 15 is 0 Å². The first kappa shape index (κ1) is 28.4. The molecule has 2 aliphatic rings. The first-order valence-electron chi connectivity index (χ1n) is 14.4. The first-order valence-corrected chi connectivity index (χ1v) is 15.2. The third kappa shape index (κ3) is 5.81. The lowest BCUT2D eigenvalue weighted by Gasteiger charge is -2.31. The summed E-state index contributed by atoms with van der Waals surface area (Å²) < 4.78 is 13.6. The van der Waals surface area contributed by atoms with Gasteiger partial charge in [-0.25, -0.2) is 4.99 Å². The second-order valence-electron chi connectivity index (χ2n) is 10.3. The van der Waals surface area contributed by atoms with E-state index in [4.69, 9.17) is 14.5 Å². The molecule has 0 fully saturated rings. The number of ether oxygens (including phenoxy) is 2. The van der Waals surface area contributed by atoms with Gasteiger partial charge >= 0.3 is 0 Å². The Balaban J connectivity index is 1.49. The van der Waals surface area contributed by atoms with Crippen molar-refractivity contribution in [1.29, 1.82) is 0 Å². The standard InChI is InChI=1S/C34H31N3O5S/c1-3-41-27-16-10-22(11-17-27)20-25-6-5-7-29-31(25)35-34-36(32(29)24-12-18-28(19-13-24)42-4-2)33(38)30(43-34)21-23-8-14-26(15-9-23)37(39)40/h8-21,32H,3-7H2,1-2H3/b25-20-,30-21+. The summed E-state index contributed by atoms with van der Waals surface area (Å²) in [6.45, 7) is 5.12. The molecule has 1 unspecified atom stereocenters. The first-order chi connectivity index (χ1) is 20.9. The molecular weight excluding hydrogens is 562 g/mol. The molecule has 1 aromatic heterocycles. The Bertz CT molecular complexity index is 1900. The Labute approximate surface area is 252 Å². The number of fused-ring (bicyclic) bond motifs is 1. The summed E-state index contributed by atoms with van der Waals surface area (Å²) in [5, 5.41) is 11.1. The van der Waals surface area contributed by atoms with Crippen molar-refractivity contribution in [3.8, 4) is 11.5 Å². The van der Waals surface area contributed by atoms with E-state index < -0.39 is 4.92 Å². The van der Waals surface area contributed by atoms with E-state index in [1.54, 1.807) is 22.8 Å². The molecule has 6 rings (SSSR count). The van der Waals surface area contributed by atoms with Crippen LogP contribution in [0.3, 0.4) is 0 Å². The summed E-state index contributed by atoms with van der Waals surface area (Å²) in [6.07, 6.45) is 6.65. The molecule has 3 aromatic carbocycles. The number of benzene rings is 3. The molecule has 218 valence electrons. The van der Waals surface area contributed by atoms with E-state index in [-0.39, 0.29) is 17.3 Å². The molecule has 8 nitrogen and oxygen atoms in total. The fourth-order valence-electron chi connectivity index (χ4n) is 5.64. The van der Waals surface area contributed by atoms with E-state index in [2.05, 4.69) is 18.2 Å². The van der Waals surface area contributed by atoms with Crippen molar-refractivity contribution in [3.05, 3.63) is 136 Å². The number of nitro groups is 1. The molecule has 0 N–H and O–H groups in total. The van der Waals surface area contributed by atoms with Crippen LogP contribution < -0.4 is 24.4 Å². The van der Waals surface area contributed by atoms with Crippen LogP contribution in [0.2, 0.25) is 0 Å². The van der Waals surface area contributed by atoms with Gasteiger partial charge in [-0.3, -0.25) is 19.5 Å². The van der Waals surface area contributed by atoms with E-state index in [0.29, 0.717) is 28.1 Å². The Morgan fingerprint density at radius 3 is 2.14 bits per heavy atom. The molecule has 43 heavy (non-hydrogen) atoms. The predicted molar refractivity (Wildman–Crippen MR) is 168 cm³/mol. The SMILES string of the molecule is CCOc1ccc(/C=C2/CCCC3=C2N=c2s/c(=C/c4ccc([N+](=O)[O-])cc4)c(=O)n2C3c2ccc(OCC)cc2)cc1. The summed E-state index contributed by atoms with van der Waals surface area (Å²) >= 11 is 1.34. The number of thiazole rings is 1. The highest BCUT2D eigenvalue weighted by Gasteiger charge is 2.32. The highest BCUT2D eigenvalue weighted by atomic mass is 32.1. The average Bonchev–Trinajstić information content (AvgIpc) is 3.32. The maximum atomic E-state index is 14.0. The van der Waals surface area contributed by atoms with Crippen LogP contribution in [-0.2, 0) is 0 Å². The molecule has 1 aliphatic carbocycles. The molecule has 0 bridgehead atoms. The molecule has 2 heterocycles. The van der Waals surface area contributed by atoms with E-state index in [0.717, 1.165) is 58.7 Å². The predicted octanol–water partition coefficient (Wildman–Crippen LogP) is 6.19. The minimum atomic E-state index is -0.433. The minimum Gasteiger partial charge on any atom is -0.494 e. The smallest absolute Gasteiger partial charge is 0.271 e. The highest BCUT2D eigenvalue weighted by molar-refractivity contribution is 7.07. The summed E-state index contributed by atoms with van der Waals surface area (Å²) in [6, 6.07) is 21.9. The van der Waals surface area contributed by atoms with Gasteiger partial charge in [0, 0.05) is 12.1 Å². The maximum Gasteiger partial charge on any atom is 0.271 e. The number of allylic oxidation sites excluding steroid dienone is 2. The number of hydrogen-bond acceptors (Lipinski definition) is 7. The van der Waals surface area contributed by atoms with Gasteiger partial charge in [-0.05, 0) is 109 Å². The lowest BCUT2D eigenvalue weighted by atomic mass is 9.84. The summed E-state index contributed by atoms with van der Waals surface area (Å²) in [5.41, 5.74) is 5.88. The van der Waals surface area contributed by atoms with Gasteiger partial charge < -0.3 is 9.47 Å². The highest BCUT2D eigenvalue weighted by Crippen LogP contribution is 2.41. The van der Waals surface area contributed by atoms with Gasteiger partial charge in [0.2, 0.25) is 0 Å². The van der Waals surface area contributed by atoms with Crippen LogP contribution >= 0.6 is 11.3 Å². The second-order valence-corrected chi connectivity index (χ2v) is 11.3. The zero-order valence-electron chi connectivity index (χ0n) is 24.0. The van der Waals surface area contributed by atoms with Crippen LogP contribution in [0.5, 0.6) is 11.5 Å². The summed E-state index contributed by atoms with van der Waals surface area (Å²) in [5.74, 6) is 1.62. The fourth-order valence-corrected chi connectivity index (χ4v) is 6.64. The largest absolute Gasteiger partial charge is 0.494 e. The third-order valence-corrected chi connectivity index (χ3v) is 8.56. The van der Waals surface area contributed by atoms with Crippen molar-refractivity contribution in [3.63, 3.8) is 0 Å². The minimum absolute atomic E-state index is 0.00799. The number of rotatable bonds is 8. The van der Waals surface area contributed by atoms with Gasteiger partial charge in [0.05, 0.1) is 34.4 Å². The van der Waals surface area contributed by atoms with Gasteiger partial charge in [-0.2, -0.15) is 0 Å². The monoisotopic (exact) mass is 593 g/mol. The summed E-state index contributed by atoms with van der Waals surface area (Å²) in [7, 11) is 0. The van der Waals surface area contributed by atoms with Crippen molar-refractivity contribution < 1.29 is 14.4 Å². The lowest BCUT2D eigenvalue weighted by Crippen LogP contribution is -2.39. The zero-order chi connectivity index (χ0) is 29.9. The molecule has 0 saturated carbocycles. The van der Waals surface area contributed by atoms with E-state index in [1.807, 2.05) is 50.2 Å². The second kappa shape index (κ2) is 12.2. The molecule has 0 amide bonds. The van der Waals surface area contributed by atoms with Crippen molar-refractivity contribution in [2.24, 2.45) is 4.99 Å². The van der Waals surface area contributed by atoms with Gasteiger partial charge in [-0.15, -0.1) is 0 Å². The van der Waals surface area contributed by atoms with Crippen molar-refractivity contribution >= 4 is 29.2 Å². The Morgan fingerprint density at radius 2 is 1.51 bits per heavy atom. The average molecular weight is 594 g/mol. The van der Waals surface area contributed by atoms with E-state index in [9.17, 15) is 14.9 Å². The van der Waals surface area contributed by atoms with Gasteiger partial charge in [-0.1, -0.05) is 35.6 Å². The van der Waals surface area contributed by atoms with Crippen molar-refractivity contribution in [2.45, 2.75) is 39.2 Å². The topological polar surface area (TPSA) is 96.0 Å². The summed E-state index contributed by atoms with van der Waals surface area (Å²) in [4.78, 5) is 30.4. The molecule has 0 saturated heterocycles. The van der Waals surface area contributed by atoms with Crippen molar-refractivity contribution in [2.75, 3.05) is 13.2 Å². The van der Waals surface area contributed by atoms with Gasteiger partial charge in [0.25, 0.3) is 11.2 Å². The zero-order valence-corrected chi connectivity index (χ0v) is 24.8.